The molecule has 1 atom stereocenters. The normalized spacial score (nSPS) is 12.5. The Morgan fingerprint density at radius 3 is 2.71 bits per heavy atom. The Hall–Kier alpha value is -2.26. The van der Waals surface area contributed by atoms with Crippen molar-refractivity contribution in [2.24, 2.45) is 5.73 Å². The molecule has 0 radical (unpaired) electrons. The summed E-state index contributed by atoms with van der Waals surface area (Å²) in [4.78, 5) is 0. The summed E-state index contributed by atoms with van der Waals surface area (Å²) in [6.07, 6.45) is 0. The molecule has 2 N–H and O–H groups in total. The van der Waals surface area contributed by atoms with Crippen LogP contribution in [0, 0.1) is 6.92 Å². The minimum Gasteiger partial charge on any atom is -0.494 e. The van der Waals surface area contributed by atoms with Crippen molar-refractivity contribution in [3.63, 3.8) is 0 Å². The first-order valence-electron chi connectivity index (χ1n) is 7.16. The van der Waals surface area contributed by atoms with Gasteiger partial charge >= 0.3 is 0 Å². The van der Waals surface area contributed by atoms with Gasteiger partial charge in [0.15, 0.2) is 0 Å². The molecule has 2 aromatic carbocycles. The van der Waals surface area contributed by atoms with Gasteiger partial charge in [0, 0.05) is 5.39 Å². The number of hydrogen-bond donors (Lipinski definition) is 1. The van der Waals surface area contributed by atoms with Crippen molar-refractivity contribution in [3.05, 3.63) is 65.4 Å². The van der Waals surface area contributed by atoms with Crippen LogP contribution in [0.4, 0.5) is 0 Å². The predicted molar refractivity (Wildman–Crippen MR) is 84.6 cm³/mol. The van der Waals surface area contributed by atoms with E-state index in [0.29, 0.717) is 6.61 Å². The lowest BCUT2D eigenvalue weighted by Crippen LogP contribution is -2.11. The Bertz CT molecular complexity index is 761. The summed E-state index contributed by atoms with van der Waals surface area (Å²) in [5.74, 6) is 1.60. The molecule has 0 saturated heterocycles. The monoisotopic (exact) mass is 281 g/mol. The minimum atomic E-state index is -0.294. The van der Waals surface area contributed by atoms with Gasteiger partial charge in [-0.25, -0.2) is 0 Å². The number of rotatable bonds is 4. The van der Waals surface area contributed by atoms with Gasteiger partial charge in [-0.05, 0) is 43.2 Å². The van der Waals surface area contributed by atoms with Crippen molar-refractivity contribution in [2.75, 3.05) is 6.61 Å². The average molecular weight is 281 g/mol. The van der Waals surface area contributed by atoms with Crippen LogP contribution in [0.1, 0.15) is 29.9 Å². The van der Waals surface area contributed by atoms with Gasteiger partial charge in [-0.1, -0.05) is 30.3 Å². The minimum absolute atomic E-state index is 0.294. The van der Waals surface area contributed by atoms with Gasteiger partial charge in [0.25, 0.3) is 0 Å². The quantitative estimate of drug-likeness (QED) is 0.780. The molecule has 3 rings (SSSR count). The smallest absolute Gasteiger partial charge is 0.137 e. The van der Waals surface area contributed by atoms with Crippen LogP contribution in [0.5, 0.6) is 5.75 Å². The third-order valence-corrected chi connectivity index (χ3v) is 3.59. The molecular formula is C18H19NO2. The fourth-order valence-electron chi connectivity index (χ4n) is 2.51. The lowest BCUT2D eigenvalue weighted by Gasteiger charge is -2.11. The van der Waals surface area contributed by atoms with E-state index >= 15 is 0 Å². The Balaban J connectivity index is 1.98. The Morgan fingerprint density at radius 2 is 1.95 bits per heavy atom. The highest BCUT2D eigenvalue weighted by Gasteiger charge is 2.15. The molecule has 0 aliphatic rings. The Morgan fingerprint density at radius 1 is 1.14 bits per heavy atom. The highest BCUT2D eigenvalue weighted by Crippen LogP contribution is 2.29. The Kier molecular flexibility index (Phi) is 3.67. The first-order valence-corrected chi connectivity index (χ1v) is 7.16. The van der Waals surface area contributed by atoms with Crippen LogP contribution in [0.15, 0.2) is 52.9 Å². The third-order valence-electron chi connectivity index (χ3n) is 3.59. The van der Waals surface area contributed by atoms with E-state index in [9.17, 15) is 0 Å². The summed E-state index contributed by atoms with van der Waals surface area (Å²) in [6.45, 7) is 4.65. The lowest BCUT2D eigenvalue weighted by atomic mass is 10.0. The van der Waals surface area contributed by atoms with E-state index in [1.54, 1.807) is 0 Å². The molecule has 3 aromatic rings. The second-order valence-electron chi connectivity index (χ2n) is 5.13. The van der Waals surface area contributed by atoms with Crippen molar-refractivity contribution in [2.45, 2.75) is 19.9 Å². The number of ether oxygens (including phenoxy) is 1. The van der Waals surface area contributed by atoms with Gasteiger partial charge < -0.3 is 14.9 Å². The molecule has 0 saturated carbocycles. The first kappa shape index (κ1) is 13.7. The molecule has 0 aliphatic carbocycles. The van der Waals surface area contributed by atoms with Crippen LogP contribution in [-0.2, 0) is 0 Å². The van der Waals surface area contributed by atoms with E-state index in [1.165, 1.54) is 0 Å². The van der Waals surface area contributed by atoms with Gasteiger partial charge in [0.2, 0.25) is 0 Å². The van der Waals surface area contributed by atoms with Crippen molar-refractivity contribution >= 4 is 11.0 Å². The molecule has 0 aliphatic heterocycles. The van der Waals surface area contributed by atoms with E-state index in [0.717, 1.165) is 33.6 Å². The number of hydrogen-bond acceptors (Lipinski definition) is 3. The predicted octanol–water partition coefficient (Wildman–Crippen LogP) is 4.19. The standard InChI is InChI=1S/C18H19NO2/c1-3-20-15-9-5-7-13(10-15)17(19)16-11-14-8-4-6-12(2)18(14)21-16/h4-11,17H,3,19H2,1-2H3. The lowest BCUT2D eigenvalue weighted by molar-refractivity contribution is 0.339. The average Bonchev–Trinajstić information content (AvgIpc) is 2.93. The van der Waals surface area contributed by atoms with Crippen LogP contribution >= 0.6 is 0 Å². The van der Waals surface area contributed by atoms with Gasteiger partial charge in [-0.2, -0.15) is 0 Å². The summed E-state index contributed by atoms with van der Waals surface area (Å²) in [7, 11) is 0. The van der Waals surface area contributed by atoms with E-state index in [4.69, 9.17) is 14.9 Å². The Labute approximate surface area is 124 Å². The number of aryl methyl sites for hydroxylation is 1. The molecule has 0 bridgehead atoms. The summed E-state index contributed by atoms with van der Waals surface area (Å²) in [6, 6.07) is 15.7. The molecule has 0 fully saturated rings. The van der Waals surface area contributed by atoms with Crippen LogP contribution < -0.4 is 10.5 Å². The second kappa shape index (κ2) is 5.62. The molecule has 1 aromatic heterocycles. The fourth-order valence-corrected chi connectivity index (χ4v) is 2.51. The second-order valence-corrected chi connectivity index (χ2v) is 5.13. The number of furan rings is 1. The van der Waals surface area contributed by atoms with Crippen LogP contribution in [-0.4, -0.2) is 6.61 Å². The maximum Gasteiger partial charge on any atom is 0.137 e. The maximum absolute atomic E-state index is 6.35. The number of para-hydroxylation sites is 1. The van der Waals surface area contributed by atoms with Crippen molar-refractivity contribution < 1.29 is 9.15 Å². The molecule has 3 heteroatoms. The highest BCUT2D eigenvalue weighted by atomic mass is 16.5. The maximum atomic E-state index is 6.35. The topological polar surface area (TPSA) is 48.4 Å². The van der Waals surface area contributed by atoms with Crippen molar-refractivity contribution in [1.29, 1.82) is 0 Å². The molecule has 1 heterocycles. The van der Waals surface area contributed by atoms with Gasteiger partial charge in [0.05, 0.1) is 12.6 Å². The zero-order valence-corrected chi connectivity index (χ0v) is 12.3. The van der Waals surface area contributed by atoms with E-state index in [1.807, 2.05) is 62.4 Å². The molecule has 3 nitrogen and oxygen atoms in total. The molecule has 108 valence electrons. The summed E-state index contributed by atoms with van der Waals surface area (Å²) < 4.78 is 11.5. The SMILES string of the molecule is CCOc1cccc(C(N)c2cc3cccc(C)c3o2)c1. The van der Waals surface area contributed by atoms with Gasteiger partial charge in [-0.15, -0.1) is 0 Å². The zero-order valence-electron chi connectivity index (χ0n) is 12.3. The zero-order chi connectivity index (χ0) is 14.8. The van der Waals surface area contributed by atoms with E-state index in [-0.39, 0.29) is 6.04 Å². The summed E-state index contributed by atoms with van der Waals surface area (Å²) in [5, 5.41) is 1.08. The van der Waals surface area contributed by atoms with Crippen molar-refractivity contribution in [1.82, 2.24) is 0 Å². The van der Waals surface area contributed by atoms with Crippen LogP contribution in [0.2, 0.25) is 0 Å². The van der Waals surface area contributed by atoms with Gasteiger partial charge in [-0.3, -0.25) is 0 Å². The highest BCUT2D eigenvalue weighted by molar-refractivity contribution is 5.81. The van der Waals surface area contributed by atoms with E-state index in [2.05, 4.69) is 0 Å². The summed E-state index contributed by atoms with van der Waals surface area (Å²) >= 11 is 0. The van der Waals surface area contributed by atoms with Crippen molar-refractivity contribution in [3.8, 4) is 5.75 Å². The number of benzene rings is 2. The number of nitrogens with two attached hydrogens (primary N) is 1. The molecule has 1 unspecified atom stereocenters. The fraction of sp³-hybridized carbons (Fsp3) is 0.222. The molecule has 0 amide bonds. The van der Waals surface area contributed by atoms with Crippen LogP contribution in [0.3, 0.4) is 0 Å². The summed E-state index contributed by atoms with van der Waals surface area (Å²) in [5.41, 5.74) is 9.36. The first-order chi connectivity index (χ1) is 10.2. The van der Waals surface area contributed by atoms with E-state index < -0.39 is 0 Å². The van der Waals surface area contributed by atoms with Crippen LogP contribution in [0.25, 0.3) is 11.0 Å². The molecular weight excluding hydrogens is 262 g/mol. The van der Waals surface area contributed by atoms with Gasteiger partial charge in [0.1, 0.15) is 17.1 Å². The third kappa shape index (κ3) is 2.65. The largest absolute Gasteiger partial charge is 0.494 e. The molecule has 21 heavy (non-hydrogen) atoms. The molecule has 0 spiro atoms. The number of fused-ring (bicyclic) bond motifs is 1.